The summed E-state index contributed by atoms with van der Waals surface area (Å²) in [6.45, 7) is 1.23. The number of ether oxygens (including phenoxy) is 3. The molecule has 0 aliphatic rings. The molecule has 1 heterocycles. The Hall–Kier alpha value is -8.28. The third-order valence-electron chi connectivity index (χ3n) is 11.8. The van der Waals surface area contributed by atoms with Gasteiger partial charge in [-0.3, -0.25) is 9.59 Å². The largest absolute Gasteiger partial charge is 0.489 e. The number of hydrogen-bond acceptors (Lipinski definition) is 7. The summed E-state index contributed by atoms with van der Waals surface area (Å²) in [5, 5.41) is 8.81. The van der Waals surface area contributed by atoms with E-state index < -0.39 is 35.5 Å². The topological polar surface area (TPSA) is 133 Å². The molecule has 0 radical (unpaired) electrons. The molecule has 0 bridgehead atoms. The molecule has 348 valence electrons. The molecule has 0 saturated heterocycles. The van der Waals surface area contributed by atoms with Gasteiger partial charge in [-0.2, -0.15) is 0 Å². The normalized spacial score (nSPS) is 12.0. The van der Waals surface area contributed by atoms with E-state index in [0.717, 1.165) is 38.9 Å². The van der Waals surface area contributed by atoms with Gasteiger partial charge >= 0.3 is 6.09 Å². The molecule has 8 aromatic rings. The summed E-state index contributed by atoms with van der Waals surface area (Å²) in [5.41, 5.74) is 5.53. The molecule has 0 aliphatic carbocycles. The highest BCUT2D eigenvalue weighted by Crippen LogP contribution is 2.41. The van der Waals surface area contributed by atoms with Crippen LogP contribution in [0.1, 0.15) is 44.8 Å². The fourth-order valence-electron chi connectivity index (χ4n) is 8.36. The first-order valence-electron chi connectivity index (χ1n) is 23.1. The van der Waals surface area contributed by atoms with Crippen LogP contribution in [0, 0.1) is 0 Å². The second kappa shape index (κ2) is 24.0. The standard InChI is InChI=1S/C58H55N5O6/c64-55(60-36-38-67-41-45-19-7-1-8-20-45)52(39-44-31-33-51(34-32-44)68-42-46-21-9-2-10-22-46)61-56(65)53(62-57(66)69-43-47-23-11-3-12-24-47)40-54-59-35-37-63(54)58(48-25-13-4-14-26-48,49-27-15-5-16-28-49)50-29-17-6-18-30-50/h1-35,37,52-53H,36,38-43H2,(H,60,64)(H,61,65)(H,62,66)/t52-,53-/m0/s1. The predicted octanol–water partition coefficient (Wildman–Crippen LogP) is 9.20. The zero-order valence-electron chi connectivity index (χ0n) is 38.2. The summed E-state index contributed by atoms with van der Waals surface area (Å²) in [6, 6.07) is 64.5. The van der Waals surface area contributed by atoms with Gasteiger partial charge in [0.2, 0.25) is 11.8 Å². The molecule has 8 rings (SSSR count). The summed E-state index contributed by atoms with van der Waals surface area (Å²) >= 11 is 0. The molecule has 0 unspecified atom stereocenters. The number of alkyl carbamates (subject to hydrolysis) is 1. The Bertz CT molecular complexity index is 2720. The van der Waals surface area contributed by atoms with Gasteiger partial charge in [-0.15, -0.1) is 0 Å². The van der Waals surface area contributed by atoms with Crippen molar-refractivity contribution in [2.24, 2.45) is 0 Å². The molecule has 11 heteroatoms. The average molecular weight is 918 g/mol. The molecular weight excluding hydrogens is 863 g/mol. The van der Waals surface area contributed by atoms with Crippen molar-refractivity contribution in [2.45, 2.75) is 50.3 Å². The number of hydrogen-bond donors (Lipinski definition) is 3. The van der Waals surface area contributed by atoms with Gasteiger partial charge in [0.1, 0.15) is 42.4 Å². The van der Waals surface area contributed by atoms with Crippen molar-refractivity contribution >= 4 is 17.9 Å². The summed E-state index contributed by atoms with van der Waals surface area (Å²) in [6.07, 6.45) is 2.86. The first kappa shape index (κ1) is 47.2. The van der Waals surface area contributed by atoms with E-state index in [-0.39, 0.29) is 32.6 Å². The van der Waals surface area contributed by atoms with E-state index in [1.165, 1.54) is 0 Å². The van der Waals surface area contributed by atoms with Crippen molar-refractivity contribution in [3.63, 3.8) is 0 Å². The Morgan fingerprint density at radius 3 is 1.52 bits per heavy atom. The van der Waals surface area contributed by atoms with E-state index in [2.05, 4.69) is 56.9 Å². The Labute approximate surface area is 403 Å². The molecule has 3 N–H and O–H groups in total. The van der Waals surface area contributed by atoms with Gasteiger partial charge in [0.15, 0.2) is 0 Å². The van der Waals surface area contributed by atoms with E-state index in [9.17, 15) is 14.4 Å². The van der Waals surface area contributed by atoms with Crippen LogP contribution in [0.4, 0.5) is 4.79 Å². The van der Waals surface area contributed by atoms with Crippen LogP contribution in [0.2, 0.25) is 0 Å². The number of carbonyl (C=O) groups is 3. The van der Waals surface area contributed by atoms with Crippen molar-refractivity contribution in [1.82, 2.24) is 25.5 Å². The van der Waals surface area contributed by atoms with E-state index in [1.54, 1.807) is 6.20 Å². The fraction of sp³-hybridized carbons (Fsp3) is 0.172. The number of rotatable bonds is 22. The number of imidazole rings is 1. The van der Waals surface area contributed by atoms with Crippen LogP contribution < -0.4 is 20.7 Å². The third kappa shape index (κ3) is 12.6. The van der Waals surface area contributed by atoms with Gasteiger partial charge in [-0.25, -0.2) is 9.78 Å². The van der Waals surface area contributed by atoms with Crippen LogP contribution in [0.15, 0.2) is 219 Å². The monoisotopic (exact) mass is 917 g/mol. The molecule has 0 fully saturated rings. The molecule has 0 saturated carbocycles. The minimum atomic E-state index is -1.24. The maximum Gasteiger partial charge on any atom is 0.408 e. The molecule has 3 amide bonds. The maximum absolute atomic E-state index is 14.9. The van der Waals surface area contributed by atoms with Crippen LogP contribution in [0.3, 0.4) is 0 Å². The zero-order valence-corrected chi connectivity index (χ0v) is 38.2. The van der Waals surface area contributed by atoms with Crippen LogP contribution in [-0.2, 0) is 57.3 Å². The maximum atomic E-state index is 14.9. The van der Waals surface area contributed by atoms with Gasteiger partial charge in [0, 0.05) is 31.8 Å². The van der Waals surface area contributed by atoms with E-state index in [4.69, 9.17) is 19.2 Å². The van der Waals surface area contributed by atoms with Crippen LogP contribution in [-0.4, -0.2) is 52.7 Å². The molecular formula is C58H55N5O6. The van der Waals surface area contributed by atoms with Crippen molar-refractivity contribution in [1.29, 1.82) is 0 Å². The SMILES string of the molecule is O=C(N[C@@H](Cc1nccn1C(c1ccccc1)(c1ccccc1)c1ccccc1)C(=O)N[C@@H](Cc1ccc(OCc2ccccc2)cc1)C(=O)NCCOCc1ccccc1)OCc1ccccc1. The third-order valence-corrected chi connectivity index (χ3v) is 11.8. The van der Waals surface area contributed by atoms with Crippen LogP contribution in [0.5, 0.6) is 5.75 Å². The van der Waals surface area contributed by atoms with Crippen LogP contribution >= 0.6 is 0 Å². The minimum Gasteiger partial charge on any atom is -0.489 e. The fourth-order valence-corrected chi connectivity index (χ4v) is 8.36. The molecule has 1 aromatic heterocycles. The van der Waals surface area contributed by atoms with Gasteiger partial charge in [-0.1, -0.05) is 194 Å². The van der Waals surface area contributed by atoms with Gasteiger partial charge in [-0.05, 0) is 51.1 Å². The van der Waals surface area contributed by atoms with Crippen molar-refractivity contribution in [3.8, 4) is 5.75 Å². The Morgan fingerprint density at radius 2 is 0.986 bits per heavy atom. The van der Waals surface area contributed by atoms with Crippen molar-refractivity contribution in [2.75, 3.05) is 13.2 Å². The highest BCUT2D eigenvalue weighted by Gasteiger charge is 2.40. The predicted molar refractivity (Wildman–Crippen MR) is 266 cm³/mol. The lowest BCUT2D eigenvalue weighted by Gasteiger charge is -2.39. The van der Waals surface area contributed by atoms with Crippen LogP contribution in [0.25, 0.3) is 0 Å². The number of nitrogens with one attached hydrogen (secondary N) is 3. The highest BCUT2D eigenvalue weighted by molar-refractivity contribution is 5.91. The first-order valence-corrected chi connectivity index (χ1v) is 23.1. The van der Waals surface area contributed by atoms with Gasteiger partial charge < -0.3 is 34.7 Å². The molecule has 2 atom stereocenters. The molecule has 0 spiro atoms. The minimum absolute atomic E-state index is 0.0167. The summed E-state index contributed by atoms with van der Waals surface area (Å²) in [4.78, 5) is 47.7. The zero-order chi connectivity index (χ0) is 47.5. The lowest BCUT2D eigenvalue weighted by Crippen LogP contribution is -2.55. The van der Waals surface area contributed by atoms with Gasteiger partial charge in [0.05, 0.1) is 13.2 Å². The van der Waals surface area contributed by atoms with Crippen molar-refractivity contribution < 1.29 is 28.6 Å². The van der Waals surface area contributed by atoms with Crippen molar-refractivity contribution in [3.05, 3.63) is 263 Å². The number of nitrogens with zero attached hydrogens (tertiary/aromatic N) is 2. The quantitative estimate of drug-likeness (QED) is 0.0457. The average Bonchev–Trinajstić information content (AvgIpc) is 3.87. The molecule has 11 nitrogen and oxygen atoms in total. The van der Waals surface area contributed by atoms with E-state index >= 15 is 0 Å². The Kier molecular flexibility index (Phi) is 16.4. The number of carbonyl (C=O) groups excluding carboxylic acids is 3. The molecule has 69 heavy (non-hydrogen) atoms. The number of benzene rings is 7. The Balaban J connectivity index is 1.09. The first-order chi connectivity index (χ1) is 34.0. The summed E-state index contributed by atoms with van der Waals surface area (Å²) in [5.74, 6) is 0.140. The summed E-state index contributed by atoms with van der Waals surface area (Å²) in [7, 11) is 0. The Morgan fingerprint density at radius 1 is 0.507 bits per heavy atom. The smallest absolute Gasteiger partial charge is 0.408 e. The second-order valence-corrected chi connectivity index (χ2v) is 16.5. The lowest BCUT2D eigenvalue weighted by molar-refractivity contribution is -0.130. The number of aromatic nitrogens is 2. The summed E-state index contributed by atoms with van der Waals surface area (Å²) < 4.78 is 19.6. The second-order valence-electron chi connectivity index (χ2n) is 16.5. The molecule has 0 aliphatic heterocycles. The molecule has 7 aromatic carbocycles. The lowest BCUT2D eigenvalue weighted by atomic mass is 9.76. The highest BCUT2D eigenvalue weighted by atomic mass is 16.5. The van der Waals surface area contributed by atoms with E-state index in [0.29, 0.717) is 24.8 Å². The van der Waals surface area contributed by atoms with E-state index in [1.807, 2.05) is 176 Å². The van der Waals surface area contributed by atoms with Gasteiger partial charge in [0.25, 0.3) is 0 Å². The number of amides is 3.